The van der Waals surface area contributed by atoms with E-state index in [1.54, 1.807) is 6.92 Å². The van der Waals surface area contributed by atoms with Gasteiger partial charge in [-0.15, -0.1) is 0 Å². The quantitative estimate of drug-likeness (QED) is 0.164. The molecule has 0 fully saturated rings. The third-order valence-corrected chi connectivity index (χ3v) is 4.81. The Morgan fingerprint density at radius 2 is 1.00 bits per heavy atom. The second kappa shape index (κ2) is 27.0. The fourth-order valence-electron chi connectivity index (χ4n) is 3.02. The number of carbonyl (C=O) groups excluding carboxylic acids is 1. The molecule has 0 saturated carbocycles. The van der Waals surface area contributed by atoms with Gasteiger partial charge in [-0.1, -0.05) is 110 Å². The Balaban J connectivity index is -0.000000905. The molecule has 2 unspecified atom stereocenters. The molecule has 0 heterocycles. The molecule has 174 valence electrons. The van der Waals surface area contributed by atoms with Gasteiger partial charge in [-0.2, -0.15) is 0 Å². The summed E-state index contributed by atoms with van der Waals surface area (Å²) in [6, 6.07) is 0. The summed E-state index contributed by atoms with van der Waals surface area (Å²) in [6.07, 6.45) is 20.3. The van der Waals surface area contributed by atoms with Crippen LogP contribution in [0.3, 0.4) is 0 Å². The van der Waals surface area contributed by atoms with Crippen LogP contribution in [0.25, 0.3) is 0 Å². The van der Waals surface area contributed by atoms with Crippen molar-refractivity contribution < 1.29 is 54.5 Å². The van der Waals surface area contributed by atoms with Crippen molar-refractivity contribution in [3.8, 4) is 0 Å². The molecule has 0 amide bonds. The van der Waals surface area contributed by atoms with Crippen molar-refractivity contribution in [2.45, 2.75) is 136 Å². The van der Waals surface area contributed by atoms with E-state index in [9.17, 15) is 9.59 Å². The summed E-state index contributed by atoms with van der Waals surface area (Å²) in [5.41, 5.74) is 0. The van der Waals surface area contributed by atoms with Crippen molar-refractivity contribution in [2.75, 3.05) is 0 Å². The number of aliphatic hydroxyl groups is 2. The van der Waals surface area contributed by atoms with E-state index in [1.165, 1.54) is 96.8 Å². The molecule has 30 heavy (non-hydrogen) atoms. The van der Waals surface area contributed by atoms with Crippen molar-refractivity contribution in [3.63, 3.8) is 0 Å². The van der Waals surface area contributed by atoms with Gasteiger partial charge < -0.3 is 20.1 Å². The van der Waals surface area contributed by atoms with Crippen molar-refractivity contribution in [1.82, 2.24) is 0 Å². The van der Waals surface area contributed by atoms with Gasteiger partial charge in [-0.05, 0) is 19.8 Å². The first-order valence-electron chi connectivity index (χ1n) is 11.8. The van der Waals surface area contributed by atoms with Crippen LogP contribution in [0.15, 0.2) is 0 Å². The van der Waals surface area contributed by atoms with Crippen molar-refractivity contribution >= 4 is 11.8 Å². The smallest absolute Gasteiger partial charge is 0.479 e. The van der Waals surface area contributed by atoms with Crippen LogP contribution in [0.1, 0.15) is 124 Å². The molecule has 0 saturated heterocycles. The molecule has 0 radical (unpaired) electrons. The Morgan fingerprint density at radius 3 is 1.27 bits per heavy atom. The molecule has 0 bridgehead atoms. The monoisotopic (exact) mass is 438 g/mol. The molecule has 0 rings (SSSR count). The summed E-state index contributed by atoms with van der Waals surface area (Å²) in [5, 5.41) is 24.8. The maximum absolute atomic E-state index is 11.4. The van der Waals surface area contributed by atoms with Gasteiger partial charge in [0.1, 0.15) is 6.10 Å². The molecular formula is C24H47NaO5. The number of ketones is 1. The number of carbonyl (C=O) groups is 2. The van der Waals surface area contributed by atoms with Gasteiger partial charge in [0, 0.05) is 5.78 Å². The van der Waals surface area contributed by atoms with Crippen LogP contribution < -0.4 is 29.6 Å². The molecular weight excluding hydrogens is 391 g/mol. The minimum absolute atomic E-state index is 0. The second-order valence-electron chi connectivity index (χ2n) is 8.09. The first kappa shape index (κ1) is 34.5. The Hall–Kier alpha value is -0.0700. The molecule has 0 aliphatic heterocycles. The van der Waals surface area contributed by atoms with Gasteiger partial charge in [0.05, 0.1) is 0 Å². The molecule has 6 heteroatoms. The van der Waals surface area contributed by atoms with E-state index in [0.29, 0.717) is 6.42 Å². The number of aliphatic hydroxyl groups excluding tert-OH is 2. The summed E-state index contributed by atoms with van der Waals surface area (Å²) < 4.78 is 0. The van der Waals surface area contributed by atoms with Crippen LogP contribution in [-0.2, 0) is 9.59 Å². The number of carboxylic acids is 1. The minimum atomic E-state index is -1.23. The maximum Gasteiger partial charge on any atom is 1.00 e. The molecule has 0 aromatic heterocycles. The van der Waals surface area contributed by atoms with Gasteiger partial charge >= 0.3 is 35.5 Å². The Morgan fingerprint density at radius 1 is 0.700 bits per heavy atom. The fourth-order valence-corrected chi connectivity index (χ4v) is 3.02. The van der Waals surface area contributed by atoms with E-state index in [-0.39, 0.29) is 35.3 Å². The molecule has 5 nitrogen and oxygen atoms in total. The van der Waals surface area contributed by atoms with Crippen LogP contribution >= 0.6 is 0 Å². The van der Waals surface area contributed by atoms with Gasteiger partial charge in [0.2, 0.25) is 0 Å². The SMILES string of the molecule is CC(O)C(=O)O.CCCCCCCCCCCCCCCCCC(=O)[CH-]C(C)O.[Na+]. The number of carboxylic acid groups (broad SMARTS) is 1. The number of Topliss-reactive ketones (excluding diaryl/α,β-unsaturated/α-hetero) is 1. The largest absolute Gasteiger partial charge is 1.00 e. The predicted octanol–water partition coefficient (Wildman–Crippen LogP) is 2.86. The molecule has 0 aromatic rings. The van der Waals surface area contributed by atoms with Crippen LogP contribution in [-0.4, -0.2) is 39.3 Å². The third kappa shape index (κ3) is 32.6. The zero-order chi connectivity index (χ0) is 22.3. The molecule has 0 aliphatic rings. The summed E-state index contributed by atoms with van der Waals surface area (Å²) >= 11 is 0. The second-order valence-corrected chi connectivity index (χ2v) is 8.09. The van der Waals surface area contributed by atoms with Crippen LogP contribution in [0.4, 0.5) is 0 Å². The summed E-state index contributed by atoms with van der Waals surface area (Å²) in [6.45, 7) is 5.10. The fraction of sp³-hybridized carbons (Fsp3) is 0.875. The Labute approximate surface area is 207 Å². The van der Waals surface area contributed by atoms with E-state index < -0.39 is 18.2 Å². The Bertz CT molecular complexity index is 373. The average molecular weight is 439 g/mol. The number of aliphatic carboxylic acids is 1. The molecule has 3 N–H and O–H groups in total. The van der Waals surface area contributed by atoms with Crippen LogP contribution in [0.2, 0.25) is 0 Å². The number of unbranched alkanes of at least 4 members (excludes halogenated alkanes) is 14. The zero-order valence-electron chi connectivity index (χ0n) is 20.2. The normalized spacial score (nSPS) is 12.2. The standard InChI is InChI=1S/C21H41O2.C3H6O3.Na/c1-3-4-5-6-7-8-9-10-11-12-13-14-15-16-17-18-21(23)19-20(2)22;1-2(4)3(5)6;/h19-20,22H,3-18H2,1-2H3;2,4H,1H3,(H,5,6);/q-1;;+1. The van der Waals surface area contributed by atoms with Crippen molar-refractivity contribution in [1.29, 1.82) is 0 Å². The molecule has 0 aromatic carbocycles. The summed E-state index contributed by atoms with van der Waals surface area (Å²) in [4.78, 5) is 20.8. The third-order valence-electron chi connectivity index (χ3n) is 4.81. The summed E-state index contributed by atoms with van der Waals surface area (Å²) in [7, 11) is 0. The molecule has 0 aliphatic carbocycles. The summed E-state index contributed by atoms with van der Waals surface area (Å²) in [5.74, 6) is -1.09. The van der Waals surface area contributed by atoms with E-state index in [1.807, 2.05) is 0 Å². The molecule has 0 spiro atoms. The van der Waals surface area contributed by atoms with Crippen molar-refractivity contribution in [2.24, 2.45) is 0 Å². The van der Waals surface area contributed by atoms with Crippen LogP contribution in [0.5, 0.6) is 0 Å². The van der Waals surface area contributed by atoms with Gasteiger partial charge in [0.15, 0.2) is 0 Å². The van der Waals surface area contributed by atoms with E-state index in [4.69, 9.17) is 15.3 Å². The first-order valence-corrected chi connectivity index (χ1v) is 11.8. The number of hydrogen-bond acceptors (Lipinski definition) is 4. The van der Waals surface area contributed by atoms with Crippen LogP contribution in [0, 0.1) is 6.42 Å². The zero-order valence-corrected chi connectivity index (χ0v) is 22.2. The number of hydrogen-bond donors (Lipinski definition) is 3. The van der Waals surface area contributed by atoms with E-state index in [2.05, 4.69) is 6.92 Å². The first-order chi connectivity index (χ1) is 13.8. The van der Waals surface area contributed by atoms with E-state index >= 15 is 0 Å². The maximum atomic E-state index is 11.4. The molecule has 2 atom stereocenters. The minimum Gasteiger partial charge on any atom is -0.479 e. The van der Waals surface area contributed by atoms with Crippen molar-refractivity contribution in [3.05, 3.63) is 6.42 Å². The van der Waals surface area contributed by atoms with Gasteiger partial charge in [-0.3, -0.25) is 6.42 Å². The van der Waals surface area contributed by atoms with Gasteiger partial charge in [-0.25, -0.2) is 4.79 Å². The Kier molecular flexibility index (Phi) is 31.0. The topological polar surface area (TPSA) is 94.8 Å². The average Bonchev–Trinajstić information content (AvgIpc) is 2.64. The predicted molar refractivity (Wildman–Crippen MR) is 120 cm³/mol. The number of rotatable bonds is 19. The van der Waals surface area contributed by atoms with Gasteiger partial charge in [0.25, 0.3) is 0 Å². The van der Waals surface area contributed by atoms with E-state index in [0.717, 1.165) is 12.8 Å².